The summed E-state index contributed by atoms with van der Waals surface area (Å²) in [6.07, 6.45) is 0.968. The molecule has 0 aromatic heterocycles. The molecule has 1 heterocycles. The summed E-state index contributed by atoms with van der Waals surface area (Å²) in [7, 11) is 0. The van der Waals surface area contributed by atoms with Crippen molar-refractivity contribution in [1.29, 1.82) is 5.26 Å². The van der Waals surface area contributed by atoms with E-state index in [0.717, 1.165) is 13.0 Å². The standard InChI is InChI=1S/C16H22N2/c1-12(2)14-7-5-6-8-15(14)18-10-9-13(11-17)16(18,3)4/h5-8,12-13H,9-10H2,1-4H3. The van der Waals surface area contributed by atoms with Crippen molar-refractivity contribution in [3.05, 3.63) is 29.8 Å². The zero-order valence-corrected chi connectivity index (χ0v) is 11.8. The average Bonchev–Trinajstić information content (AvgIpc) is 2.63. The molecular formula is C16H22N2. The Morgan fingerprint density at radius 3 is 2.56 bits per heavy atom. The first-order chi connectivity index (χ1) is 8.48. The number of nitriles is 1. The van der Waals surface area contributed by atoms with E-state index in [0.29, 0.717) is 5.92 Å². The number of hydrogen-bond acceptors (Lipinski definition) is 2. The lowest BCUT2D eigenvalue weighted by atomic mass is 9.89. The lowest BCUT2D eigenvalue weighted by Gasteiger charge is -2.37. The first-order valence-corrected chi connectivity index (χ1v) is 6.74. The minimum Gasteiger partial charge on any atom is -0.365 e. The summed E-state index contributed by atoms with van der Waals surface area (Å²) < 4.78 is 0. The predicted octanol–water partition coefficient (Wildman–Crippen LogP) is 3.94. The van der Waals surface area contributed by atoms with Crippen LogP contribution in [0.25, 0.3) is 0 Å². The van der Waals surface area contributed by atoms with E-state index in [-0.39, 0.29) is 11.5 Å². The van der Waals surface area contributed by atoms with Gasteiger partial charge in [-0.05, 0) is 37.8 Å². The largest absolute Gasteiger partial charge is 0.365 e. The van der Waals surface area contributed by atoms with E-state index in [9.17, 15) is 5.26 Å². The smallest absolute Gasteiger partial charge is 0.0706 e. The van der Waals surface area contributed by atoms with Crippen molar-refractivity contribution < 1.29 is 0 Å². The van der Waals surface area contributed by atoms with Crippen molar-refractivity contribution in [3.63, 3.8) is 0 Å². The molecule has 1 aliphatic rings. The first kappa shape index (κ1) is 13.0. The highest BCUT2D eigenvalue weighted by molar-refractivity contribution is 5.58. The summed E-state index contributed by atoms with van der Waals surface area (Å²) in [6.45, 7) is 9.80. The molecule has 18 heavy (non-hydrogen) atoms. The molecule has 2 nitrogen and oxygen atoms in total. The Hall–Kier alpha value is -1.49. The molecule has 2 heteroatoms. The van der Waals surface area contributed by atoms with Gasteiger partial charge in [0.15, 0.2) is 0 Å². The van der Waals surface area contributed by atoms with Gasteiger partial charge in [0.1, 0.15) is 0 Å². The third-order valence-corrected chi connectivity index (χ3v) is 4.20. The number of hydrogen-bond donors (Lipinski definition) is 0. The summed E-state index contributed by atoms with van der Waals surface area (Å²) in [6, 6.07) is 11.1. The molecule has 0 bridgehead atoms. The van der Waals surface area contributed by atoms with Crippen LogP contribution >= 0.6 is 0 Å². The van der Waals surface area contributed by atoms with Gasteiger partial charge in [-0.3, -0.25) is 0 Å². The number of anilines is 1. The molecule has 1 fully saturated rings. The fourth-order valence-corrected chi connectivity index (χ4v) is 2.96. The SMILES string of the molecule is CC(C)c1ccccc1N1CCC(C#N)C1(C)C. The summed E-state index contributed by atoms with van der Waals surface area (Å²) in [5.41, 5.74) is 2.61. The van der Waals surface area contributed by atoms with E-state index < -0.39 is 0 Å². The summed E-state index contributed by atoms with van der Waals surface area (Å²) in [5.74, 6) is 0.635. The van der Waals surface area contributed by atoms with Crippen molar-refractivity contribution in [1.82, 2.24) is 0 Å². The van der Waals surface area contributed by atoms with Crippen molar-refractivity contribution in [2.24, 2.45) is 5.92 Å². The highest BCUT2D eigenvalue weighted by atomic mass is 15.2. The van der Waals surface area contributed by atoms with Gasteiger partial charge in [-0.15, -0.1) is 0 Å². The van der Waals surface area contributed by atoms with Crippen LogP contribution in [0.1, 0.15) is 45.6 Å². The van der Waals surface area contributed by atoms with E-state index in [4.69, 9.17) is 0 Å². The second-order valence-corrected chi connectivity index (χ2v) is 5.99. The highest BCUT2D eigenvalue weighted by Gasteiger charge is 2.42. The van der Waals surface area contributed by atoms with Crippen molar-refractivity contribution in [2.45, 2.75) is 45.6 Å². The zero-order chi connectivity index (χ0) is 13.3. The van der Waals surface area contributed by atoms with Crippen LogP contribution in [0, 0.1) is 17.2 Å². The topological polar surface area (TPSA) is 27.0 Å². The van der Waals surface area contributed by atoms with Crippen LogP contribution in [0.2, 0.25) is 0 Å². The molecule has 1 aromatic carbocycles. The van der Waals surface area contributed by atoms with Gasteiger partial charge in [-0.2, -0.15) is 5.26 Å². The highest BCUT2D eigenvalue weighted by Crippen LogP contribution is 2.40. The number of nitrogens with zero attached hydrogens (tertiary/aromatic N) is 2. The summed E-state index contributed by atoms with van der Waals surface area (Å²) >= 11 is 0. The lowest BCUT2D eigenvalue weighted by Crippen LogP contribution is -2.42. The van der Waals surface area contributed by atoms with Crippen LogP contribution in [-0.4, -0.2) is 12.1 Å². The van der Waals surface area contributed by atoms with Crippen LogP contribution in [0.3, 0.4) is 0 Å². The second-order valence-electron chi connectivity index (χ2n) is 5.99. The molecule has 0 amide bonds. The van der Waals surface area contributed by atoms with Crippen molar-refractivity contribution in [2.75, 3.05) is 11.4 Å². The van der Waals surface area contributed by atoms with Gasteiger partial charge < -0.3 is 4.90 Å². The molecule has 96 valence electrons. The fraction of sp³-hybridized carbons (Fsp3) is 0.562. The molecule has 0 spiro atoms. The molecule has 0 radical (unpaired) electrons. The summed E-state index contributed by atoms with van der Waals surface area (Å²) in [5, 5.41) is 9.27. The number of para-hydroxylation sites is 1. The van der Waals surface area contributed by atoms with Crippen LogP contribution in [0.5, 0.6) is 0 Å². The Morgan fingerprint density at radius 2 is 2.00 bits per heavy atom. The Labute approximate surface area is 110 Å². The van der Waals surface area contributed by atoms with Gasteiger partial charge >= 0.3 is 0 Å². The van der Waals surface area contributed by atoms with Gasteiger partial charge in [-0.1, -0.05) is 32.0 Å². The average molecular weight is 242 g/mol. The third kappa shape index (κ3) is 1.99. The predicted molar refractivity (Wildman–Crippen MR) is 75.7 cm³/mol. The van der Waals surface area contributed by atoms with E-state index in [2.05, 4.69) is 62.9 Å². The molecule has 0 saturated carbocycles. The molecule has 0 N–H and O–H groups in total. The Kier molecular flexibility index (Phi) is 3.34. The van der Waals surface area contributed by atoms with Crippen LogP contribution in [-0.2, 0) is 0 Å². The molecule has 2 rings (SSSR count). The Bertz CT molecular complexity index is 468. The molecule has 0 aliphatic carbocycles. The molecule has 1 atom stereocenters. The Morgan fingerprint density at radius 1 is 1.33 bits per heavy atom. The number of benzene rings is 1. The quantitative estimate of drug-likeness (QED) is 0.785. The van der Waals surface area contributed by atoms with Crippen LogP contribution < -0.4 is 4.90 Å². The Balaban J connectivity index is 2.42. The van der Waals surface area contributed by atoms with Crippen LogP contribution in [0.4, 0.5) is 5.69 Å². The van der Waals surface area contributed by atoms with Gasteiger partial charge in [0.25, 0.3) is 0 Å². The maximum Gasteiger partial charge on any atom is 0.0706 e. The van der Waals surface area contributed by atoms with E-state index in [1.165, 1.54) is 11.3 Å². The van der Waals surface area contributed by atoms with Crippen LogP contribution in [0.15, 0.2) is 24.3 Å². The zero-order valence-electron chi connectivity index (χ0n) is 11.8. The number of rotatable bonds is 2. The fourth-order valence-electron chi connectivity index (χ4n) is 2.96. The second kappa shape index (κ2) is 4.65. The monoisotopic (exact) mass is 242 g/mol. The lowest BCUT2D eigenvalue weighted by molar-refractivity contribution is 0.438. The normalized spacial score (nSPS) is 22.2. The molecule has 1 aromatic rings. The summed E-state index contributed by atoms with van der Waals surface area (Å²) in [4.78, 5) is 2.41. The first-order valence-electron chi connectivity index (χ1n) is 6.74. The van der Waals surface area contributed by atoms with Gasteiger partial charge in [0.05, 0.1) is 17.5 Å². The maximum absolute atomic E-state index is 9.27. The molecule has 1 saturated heterocycles. The van der Waals surface area contributed by atoms with E-state index in [1.807, 2.05) is 0 Å². The molecule has 1 aliphatic heterocycles. The third-order valence-electron chi connectivity index (χ3n) is 4.20. The van der Waals surface area contributed by atoms with Gasteiger partial charge in [0, 0.05) is 12.2 Å². The van der Waals surface area contributed by atoms with Gasteiger partial charge in [-0.25, -0.2) is 0 Å². The van der Waals surface area contributed by atoms with E-state index in [1.54, 1.807) is 0 Å². The van der Waals surface area contributed by atoms with Gasteiger partial charge in [0.2, 0.25) is 0 Å². The minimum absolute atomic E-state index is 0.0697. The van der Waals surface area contributed by atoms with E-state index >= 15 is 0 Å². The van der Waals surface area contributed by atoms with Crippen molar-refractivity contribution >= 4 is 5.69 Å². The minimum atomic E-state index is -0.0697. The molecule has 1 unspecified atom stereocenters. The maximum atomic E-state index is 9.27. The molecular weight excluding hydrogens is 220 g/mol. The van der Waals surface area contributed by atoms with Crippen molar-refractivity contribution in [3.8, 4) is 6.07 Å².